The third-order valence-corrected chi connectivity index (χ3v) is 9.69. The van der Waals surface area contributed by atoms with Crippen molar-refractivity contribution in [1.82, 2.24) is 24.9 Å². The van der Waals surface area contributed by atoms with Gasteiger partial charge in [-0.25, -0.2) is 24.9 Å². The second kappa shape index (κ2) is 12.3. The van der Waals surface area contributed by atoms with Crippen LogP contribution in [-0.4, -0.2) is 24.9 Å². The molecule has 0 spiro atoms. The predicted octanol–water partition coefficient (Wildman–Crippen LogP) is 11.6. The smallest absolute Gasteiger partial charge is 0.182 e. The molecule has 10 aromatic rings. The Kier molecular flexibility index (Phi) is 7.07. The van der Waals surface area contributed by atoms with Crippen molar-refractivity contribution in [1.29, 1.82) is 0 Å². The van der Waals surface area contributed by atoms with Crippen LogP contribution in [0.4, 0.5) is 0 Å². The number of hydrogen-bond donors (Lipinski definition) is 0. The van der Waals surface area contributed by atoms with Gasteiger partial charge in [-0.2, -0.15) is 0 Å². The summed E-state index contributed by atoms with van der Waals surface area (Å²) in [5.41, 5.74) is 8.54. The second-order valence-corrected chi connectivity index (χ2v) is 12.9. The van der Waals surface area contributed by atoms with E-state index in [0.29, 0.717) is 23.2 Å². The molecule has 0 aliphatic heterocycles. The maximum Gasteiger partial charge on any atom is 0.182 e. The van der Waals surface area contributed by atoms with Crippen LogP contribution in [-0.2, 0) is 0 Å². The summed E-state index contributed by atoms with van der Waals surface area (Å²) in [6, 6.07) is 60.7. The van der Waals surface area contributed by atoms with E-state index >= 15 is 0 Å². The van der Waals surface area contributed by atoms with Gasteiger partial charge < -0.3 is 0 Å². The molecule has 10 rings (SSSR count). The fourth-order valence-corrected chi connectivity index (χ4v) is 7.06. The van der Waals surface area contributed by atoms with Gasteiger partial charge in [0, 0.05) is 27.5 Å². The van der Waals surface area contributed by atoms with Crippen LogP contribution in [0.15, 0.2) is 176 Å². The molecule has 5 nitrogen and oxygen atoms in total. The summed E-state index contributed by atoms with van der Waals surface area (Å²) in [5, 5.41) is 7.10. The summed E-state index contributed by atoms with van der Waals surface area (Å²) >= 11 is 0. The van der Waals surface area contributed by atoms with E-state index in [-0.39, 0.29) is 0 Å². The van der Waals surface area contributed by atoms with E-state index in [0.717, 1.165) is 49.8 Å². The van der Waals surface area contributed by atoms with Crippen molar-refractivity contribution >= 4 is 43.4 Å². The Morgan fingerprint density at radius 2 is 0.769 bits per heavy atom. The summed E-state index contributed by atoms with van der Waals surface area (Å²) in [7, 11) is 0. The van der Waals surface area contributed by atoms with E-state index in [9.17, 15) is 0 Å². The number of hydrogen-bond acceptors (Lipinski definition) is 5. The summed E-state index contributed by atoms with van der Waals surface area (Å²) in [6.45, 7) is 0. The van der Waals surface area contributed by atoms with Gasteiger partial charge in [-0.05, 0) is 63.0 Å². The Labute approximate surface area is 300 Å². The Morgan fingerprint density at radius 1 is 0.269 bits per heavy atom. The van der Waals surface area contributed by atoms with Crippen molar-refractivity contribution < 1.29 is 0 Å². The van der Waals surface area contributed by atoms with Crippen LogP contribution in [0, 0.1) is 0 Å². The van der Waals surface area contributed by atoms with Crippen molar-refractivity contribution in [3.05, 3.63) is 176 Å². The van der Waals surface area contributed by atoms with E-state index in [1.54, 1.807) is 0 Å². The molecule has 0 saturated carbocycles. The van der Waals surface area contributed by atoms with E-state index in [1.807, 2.05) is 66.7 Å². The fraction of sp³-hybridized carbons (Fsp3) is 0. The lowest BCUT2D eigenvalue weighted by Gasteiger charge is -2.12. The first-order valence-corrected chi connectivity index (χ1v) is 17.3. The van der Waals surface area contributed by atoms with Crippen LogP contribution in [0.3, 0.4) is 0 Å². The molecule has 3 aromatic heterocycles. The Hall–Kier alpha value is -7.11. The van der Waals surface area contributed by atoms with Crippen LogP contribution in [0.5, 0.6) is 0 Å². The van der Waals surface area contributed by atoms with Crippen LogP contribution >= 0.6 is 0 Å². The number of aromatic nitrogens is 5. The lowest BCUT2D eigenvalue weighted by Crippen LogP contribution is -2.01. The molecule has 3 heterocycles. The third kappa shape index (κ3) is 5.32. The highest BCUT2D eigenvalue weighted by Crippen LogP contribution is 2.36. The van der Waals surface area contributed by atoms with Gasteiger partial charge in [-0.15, -0.1) is 0 Å². The van der Waals surface area contributed by atoms with Crippen LogP contribution in [0.1, 0.15) is 0 Å². The van der Waals surface area contributed by atoms with Gasteiger partial charge in [0.15, 0.2) is 17.5 Å². The molecule has 7 aromatic carbocycles. The number of benzene rings is 7. The minimum atomic E-state index is 0.526. The van der Waals surface area contributed by atoms with Gasteiger partial charge in [0.05, 0.1) is 16.7 Å². The maximum absolute atomic E-state index is 5.19. The highest BCUT2D eigenvalue weighted by atomic mass is 15.0. The van der Waals surface area contributed by atoms with E-state index < -0.39 is 0 Å². The van der Waals surface area contributed by atoms with Crippen LogP contribution in [0.2, 0.25) is 0 Å². The van der Waals surface area contributed by atoms with Crippen LogP contribution < -0.4 is 0 Å². The van der Waals surface area contributed by atoms with Crippen molar-refractivity contribution in [3.63, 3.8) is 0 Å². The summed E-state index contributed by atoms with van der Waals surface area (Å²) in [4.78, 5) is 24.9. The molecule has 0 radical (unpaired) electrons. The normalized spacial score (nSPS) is 11.5. The average Bonchev–Trinajstić information content (AvgIpc) is 3.23. The zero-order valence-corrected chi connectivity index (χ0v) is 28.0. The molecular weight excluding hydrogens is 635 g/mol. The second-order valence-electron chi connectivity index (χ2n) is 12.9. The van der Waals surface area contributed by atoms with Crippen molar-refractivity contribution in [3.8, 4) is 56.7 Å². The molecule has 0 atom stereocenters. The lowest BCUT2D eigenvalue weighted by atomic mass is 9.93. The van der Waals surface area contributed by atoms with Gasteiger partial charge in [-0.3, -0.25) is 0 Å². The monoisotopic (exact) mass is 663 g/mol. The van der Waals surface area contributed by atoms with E-state index in [1.165, 1.54) is 27.1 Å². The zero-order chi connectivity index (χ0) is 34.4. The van der Waals surface area contributed by atoms with Crippen molar-refractivity contribution in [2.75, 3.05) is 0 Å². The molecule has 0 fully saturated rings. The van der Waals surface area contributed by atoms with Gasteiger partial charge in [0.1, 0.15) is 5.69 Å². The largest absolute Gasteiger partial charge is 0.248 e. The standard InChI is InChI=1S/C47H29N5/c1-3-11-32(12-4-1)45-50-46(33-13-5-2-6-14-33)52-47(51-45)42-26-24-31-20-22-36(29-44(31)49-42)41-25-23-30-19-21-35(28-43(30)48-41)40-27-34-15-7-8-16-37(34)38-17-9-10-18-39(38)40/h1-29H. The minimum Gasteiger partial charge on any atom is -0.248 e. The quantitative estimate of drug-likeness (QED) is 0.171. The molecule has 52 heavy (non-hydrogen) atoms. The van der Waals surface area contributed by atoms with Gasteiger partial charge in [-0.1, -0.05) is 146 Å². The third-order valence-electron chi connectivity index (χ3n) is 9.69. The highest BCUT2D eigenvalue weighted by molar-refractivity contribution is 6.14. The first-order valence-electron chi connectivity index (χ1n) is 17.3. The summed E-state index contributed by atoms with van der Waals surface area (Å²) in [6.07, 6.45) is 0. The average molecular weight is 664 g/mol. The first kappa shape index (κ1) is 29.8. The Bertz CT molecular complexity index is 2900. The number of nitrogens with zero attached hydrogens (tertiary/aromatic N) is 5. The lowest BCUT2D eigenvalue weighted by molar-refractivity contribution is 1.06. The summed E-state index contributed by atoms with van der Waals surface area (Å²) in [5.74, 6) is 1.74. The fourth-order valence-electron chi connectivity index (χ4n) is 7.06. The molecule has 0 saturated heterocycles. The molecule has 5 heteroatoms. The molecule has 0 N–H and O–H groups in total. The Morgan fingerprint density at radius 3 is 1.46 bits per heavy atom. The molecule has 242 valence electrons. The minimum absolute atomic E-state index is 0.526. The highest BCUT2D eigenvalue weighted by Gasteiger charge is 2.15. The van der Waals surface area contributed by atoms with Crippen molar-refractivity contribution in [2.24, 2.45) is 0 Å². The first-order chi connectivity index (χ1) is 25.7. The molecule has 0 amide bonds. The van der Waals surface area contributed by atoms with E-state index in [2.05, 4.69) is 109 Å². The zero-order valence-electron chi connectivity index (χ0n) is 28.0. The Balaban J connectivity index is 1.06. The number of pyridine rings is 2. The van der Waals surface area contributed by atoms with Gasteiger partial charge >= 0.3 is 0 Å². The molecule has 0 unspecified atom stereocenters. The van der Waals surface area contributed by atoms with E-state index in [4.69, 9.17) is 24.9 Å². The maximum atomic E-state index is 5.19. The van der Waals surface area contributed by atoms with Gasteiger partial charge in [0.2, 0.25) is 0 Å². The topological polar surface area (TPSA) is 64.5 Å². The molecular formula is C47H29N5. The number of rotatable bonds is 5. The van der Waals surface area contributed by atoms with Crippen molar-refractivity contribution in [2.45, 2.75) is 0 Å². The predicted molar refractivity (Wildman–Crippen MR) is 213 cm³/mol. The molecule has 0 aliphatic carbocycles. The van der Waals surface area contributed by atoms with Crippen LogP contribution in [0.25, 0.3) is 100 Å². The summed E-state index contributed by atoms with van der Waals surface area (Å²) < 4.78 is 0. The molecule has 0 bridgehead atoms. The SMILES string of the molecule is c1ccc(-c2nc(-c3ccccc3)nc(-c3ccc4ccc(-c5ccc6ccc(-c7cc8ccccc8c8ccccc78)cc6n5)cc4n3)n2)cc1. The molecule has 0 aliphatic rings. The number of fused-ring (bicyclic) bond motifs is 5. The van der Waals surface area contributed by atoms with Gasteiger partial charge in [0.25, 0.3) is 0 Å².